The van der Waals surface area contributed by atoms with E-state index in [1.165, 1.54) is 32.1 Å². The number of hydrogen-bond acceptors (Lipinski definition) is 6. The monoisotopic (exact) mass is 474 g/mol. The number of nitrogens with one attached hydrogen (secondary N) is 1. The predicted molar refractivity (Wildman–Crippen MR) is 136 cm³/mol. The Kier molecular flexibility index (Phi) is 11.1. The van der Waals surface area contributed by atoms with Crippen molar-refractivity contribution in [1.29, 1.82) is 0 Å². The molecule has 5 atom stereocenters. The summed E-state index contributed by atoms with van der Waals surface area (Å²) in [6, 6.07) is 3.53. The standard InChI is InChI=1S/C27H46N4O3/c1-5-18(2)25(26(33)24(29)22-13-9-10-16-30-22)31-23(32)15-14-20(27(3,4)34)21(28)17-19-11-7-6-8-12-19/h9-10,13,16,18-21,24-25,34H,5-8,11-12,14-15,17,28-29H2,1-4H3,(H,31,32)/t18?,20?,21?,24?,25-/m0/s1. The molecule has 7 heteroatoms. The van der Waals surface area contributed by atoms with Crippen LogP contribution in [0.3, 0.4) is 0 Å². The number of carbonyl (C=O) groups is 2. The molecule has 1 amide bonds. The Morgan fingerprint density at radius 2 is 1.88 bits per heavy atom. The zero-order chi connectivity index (χ0) is 25.3. The summed E-state index contributed by atoms with van der Waals surface area (Å²) in [5.74, 6) is -0.123. The Balaban J connectivity index is 2.01. The first-order valence-electron chi connectivity index (χ1n) is 13.0. The van der Waals surface area contributed by atoms with E-state index in [9.17, 15) is 14.7 Å². The first-order chi connectivity index (χ1) is 16.0. The molecule has 6 N–H and O–H groups in total. The summed E-state index contributed by atoms with van der Waals surface area (Å²) >= 11 is 0. The molecule has 192 valence electrons. The van der Waals surface area contributed by atoms with E-state index in [1.807, 2.05) is 13.8 Å². The van der Waals surface area contributed by atoms with Crippen LogP contribution in [0.5, 0.6) is 0 Å². The SMILES string of the molecule is CCC(C)[C@H](NC(=O)CCC(C(N)CC1CCCCC1)C(C)(C)O)C(=O)C(N)c1ccccn1. The lowest BCUT2D eigenvalue weighted by atomic mass is 9.75. The number of aliphatic hydroxyl groups is 1. The highest BCUT2D eigenvalue weighted by molar-refractivity contribution is 5.93. The molecule has 1 fully saturated rings. The molecular formula is C27H46N4O3. The average Bonchev–Trinajstić information content (AvgIpc) is 2.81. The minimum absolute atomic E-state index is 0.0650. The lowest BCUT2D eigenvalue weighted by Crippen LogP contribution is -2.49. The largest absolute Gasteiger partial charge is 0.390 e. The number of nitrogens with two attached hydrogens (primary N) is 2. The molecular weight excluding hydrogens is 428 g/mol. The molecule has 0 aromatic carbocycles. The van der Waals surface area contributed by atoms with Gasteiger partial charge in [-0.3, -0.25) is 14.6 Å². The third-order valence-electron chi connectivity index (χ3n) is 7.59. The highest BCUT2D eigenvalue weighted by atomic mass is 16.3. The highest BCUT2D eigenvalue weighted by Crippen LogP contribution is 2.32. The van der Waals surface area contributed by atoms with Crippen LogP contribution in [0.15, 0.2) is 24.4 Å². The van der Waals surface area contributed by atoms with E-state index in [0.29, 0.717) is 18.0 Å². The fourth-order valence-corrected chi connectivity index (χ4v) is 5.22. The van der Waals surface area contributed by atoms with E-state index in [4.69, 9.17) is 11.5 Å². The molecule has 0 radical (unpaired) electrons. The third kappa shape index (κ3) is 8.43. The van der Waals surface area contributed by atoms with E-state index in [2.05, 4.69) is 10.3 Å². The van der Waals surface area contributed by atoms with Gasteiger partial charge < -0.3 is 21.9 Å². The van der Waals surface area contributed by atoms with Crippen LogP contribution in [0.25, 0.3) is 0 Å². The second kappa shape index (κ2) is 13.3. The van der Waals surface area contributed by atoms with Gasteiger partial charge in [0.25, 0.3) is 0 Å². The maximum atomic E-state index is 13.2. The number of aromatic nitrogens is 1. The topological polar surface area (TPSA) is 131 Å². The van der Waals surface area contributed by atoms with Crippen LogP contribution in [0.1, 0.15) is 97.2 Å². The lowest BCUT2D eigenvalue weighted by Gasteiger charge is -2.36. The quantitative estimate of drug-likeness (QED) is 0.345. The first kappa shape index (κ1) is 28.4. The van der Waals surface area contributed by atoms with Gasteiger partial charge in [0.2, 0.25) is 5.91 Å². The fraction of sp³-hybridized carbons (Fsp3) is 0.741. The van der Waals surface area contributed by atoms with Gasteiger partial charge in [0.05, 0.1) is 17.3 Å². The molecule has 0 aliphatic heterocycles. The maximum absolute atomic E-state index is 13.2. The predicted octanol–water partition coefficient (Wildman–Crippen LogP) is 3.65. The number of carbonyl (C=O) groups excluding carboxylic acids is 2. The summed E-state index contributed by atoms with van der Waals surface area (Å²) in [4.78, 5) is 30.3. The summed E-state index contributed by atoms with van der Waals surface area (Å²) in [7, 11) is 0. The van der Waals surface area contributed by atoms with Crippen molar-refractivity contribution in [3.63, 3.8) is 0 Å². The molecule has 1 aliphatic rings. The maximum Gasteiger partial charge on any atom is 0.220 e. The summed E-state index contributed by atoms with van der Waals surface area (Å²) < 4.78 is 0. The summed E-state index contributed by atoms with van der Waals surface area (Å²) in [5.41, 5.74) is 12.3. The molecule has 1 saturated carbocycles. The normalized spacial score (nSPS) is 19.6. The highest BCUT2D eigenvalue weighted by Gasteiger charge is 2.35. The van der Waals surface area contributed by atoms with Crippen LogP contribution in [-0.4, -0.2) is 39.5 Å². The molecule has 0 saturated heterocycles. The van der Waals surface area contributed by atoms with Gasteiger partial charge in [-0.1, -0.05) is 58.4 Å². The van der Waals surface area contributed by atoms with E-state index >= 15 is 0 Å². The van der Waals surface area contributed by atoms with Crippen molar-refractivity contribution in [2.75, 3.05) is 0 Å². The van der Waals surface area contributed by atoms with Gasteiger partial charge >= 0.3 is 0 Å². The second-order valence-electron chi connectivity index (χ2n) is 10.8. The van der Waals surface area contributed by atoms with Gasteiger partial charge in [-0.2, -0.15) is 0 Å². The molecule has 1 aromatic heterocycles. The van der Waals surface area contributed by atoms with Crippen molar-refractivity contribution in [3.05, 3.63) is 30.1 Å². The first-order valence-corrected chi connectivity index (χ1v) is 13.0. The number of Topliss-reactive ketones (excluding diaryl/α,β-unsaturated/α-hetero) is 1. The molecule has 34 heavy (non-hydrogen) atoms. The Hall–Kier alpha value is -1.83. The van der Waals surface area contributed by atoms with Crippen molar-refractivity contribution in [2.24, 2.45) is 29.2 Å². The fourth-order valence-electron chi connectivity index (χ4n) is 5.22. The Bertz CT molecular complexity index is 759. The van der Waals surface area contributed by atoms with Crippen LogP contribution in [0, 0.1) is 17.8 Å². The average molecular weight is 475 g/mol. The van der Waals surface area contributed by atoms with Gasteiger partial charge in [-0.25, -0.2) is 0 Å². The van der Waals surface area contributed by atoms with Gasteiger partial charge in [0.1, 0.15) is 6.04 Å². The minimum Gasteiger partial charge on any atom is -0.390 e. The zero-order valence-corrected chi connectivity index (χ0v) is 21.5. The second-order valence-corrected chi connectivity index (χ2v) is 10.8. The van der Waals surface area contributed by atoms with Gasteiger partial charge in [-0.15, -0.1) is 0 Å². The summed E-state index contributed by atoms with van der Waals surface area (Å²) in [6.07, 6.45) is 10.1. The van der Waals surface area contributed by atoms with E-state index in [1.54, 1.807) is 38.2 Å². The number of pyridine rings is 1. The van der Waals surface area contributed by atoms with Crippen LogP contribution in [0.4, 0.5) is 0 Å². The van der Waals surface area contributed by atoms with Crippen LogP contribution < -0.4 is 16.8 Å². The Morgan fingerprint density at radius 3 is 2.44 bits per heavy atom. The van der Waals surface area contributed by atoms with Crippen molar-refractivity contribution >= 4 is 11.7 Å². The Labute approximate surface area is 205 Å². The molecule has 2 rings (SSSR count). The lowest BCUT2D eigenvalue weighted by molar-refractivity contribution is -0.130. The molecule has 0 spiro atoms. The van der Waals surface area contributed by atoms with Crippen LogP contribution >= 0.6 is 0 Å². The van der Waals surface area contributed by atoms with Crippen molar-refractivity contribution in [3.8, 4) is 0 Å². The summed E-state index contributed by atoms with van der Waals surface area (Å²) in [6.45, 7) is 7.47. The molecule has 1 heterocycles. The van der Waals surface area contributed by atoms with Gasteiger partial charge in [0.15, 0.2) is 5.78 Å². The van der Waals surface area contributed by atoms with Gasteiger partial charge in [-0.05, 0) is 50.7 Å². The summed E-state index contributed by atoms with van der Waals surface area (Å²) in [5, 5.41) is 13.7. The van der Waals surface area contributed by atoms with E-state index < -0.39 is 17.7 Å². The number of hydrogen-bond donors (Lipinski definition) is 4. The third-order valence-corrected chi connectivity index (χ3v) is 7.59. The van der Waals surface area contributed by atoms with Crippen LogP contribution in [-0.2, 0) is 9.59 Å². The molecule has 1 aliphatic carbocycles. The van der Waals surface area contributed by atoms with Crippen molar-refractivity contribution in [2.45, 2.75) is 109 Å². The number of nitrogens with zero attached hydrogens (tertiary/aromatic N) is 1. The zero-order valence-electron chi connectivity index (χ0n) is 21.5. The molecule has 1 aromatic rings. The van der Waals surface area contributed by atoms with E-state index in [-0.39, 0.29) is 36.0 Å². The molecule has 4 unspecified atom stereocenters. The number of rotatable bonds is 13. The number of ketones is 1. The minimum atomic E-state index is -0.984. The van der Waals surface area contributed by atoms with E-state index in [0.717, 1.165) is 12.8 Å². The van der Waals surface area contributed by atoms with Crippen molar-refractivity contribution < 1.29 is 14.7 Å². The van der Waals surface area contributed by atoms with Crippen molar-refractivity contribution in [1.82, 2.24) is 10.3 Å². The van der Waals surface area contributed by atoms with Gasteiger partial charge in [0, 0.05) is 24.6 Å². The smallest absolute Gasteiger partial charge is 0.220 e. The number of amides is 1. The van der Waals surface area contributed by atoms with Crippen LogP contribution in [0.2, 0.25) is 0 Å². The Morgan fingerprint density at radius 1 is 1.21 bits per heavy atom. The molecule has 0 bridgehead atoms. The molecule has 7 nitrogen and oxygen atoms in total.